The zero-order valence-electron chi connectivity index (χ0n) is 19.6. The molecular formula is C24H28N8O2S. The molecule has 1 aliphatic heterocycles. The van der Waals surface area contributed by atoms with Crippen LogP contribution in [0.25, 0.3) is 11.0 Å². The van der Waals surface area contributed by atoms with Gasteiger partial charge in [-0.3, -0.25) is 4.72 Å². The van der Waals surface area contributed by atoms with E-state index in [1.807, 2.05) is 24.3 Å². The lowest BCUT2D eigenvalue weighted by Gasteiger charge is -2.34. The highest BCUT2D eigenvalue weighted by Gasteiger charge is 2.15. The third kappa shape index (κ3) is 5.47. The number of aromatic nitrogens is 3. The molecule has 2 aromatic heterocycles. The van der Waals surface area contributed by atoms with Crippen LogP contribution in [0.15, 0.2) is 60.8 Å². The molecule has 0 amide bonds. The second kappa shape index (κ2) is 9.43. The maximum atomic E-state index is 11.8. The van der Waals surface area contributed by atoms with Crippen molar-refractivity contribution in [3.8, 4) is 0 Å². The fraction of sp³-hybridized carbons (Fsp3) is 0.250. The summed E-state index contributed by atoms with van der Waals surface area (Å²) in [6.07, 6.45) is 2.91. The third-order valence-corrected chi connectivity index (χ3v) is 6.46. The van der Waals surface area contributed by atoms with Crippen molar-refractivity contribution >= 4 is 55.6 Å². The number of rotatable bonds is 7. The highest BCUT2D eigenvalue weighted by atomic mass is 32.2. The Kier molecular flexibility index (Phi) is 6.18. The average Bonchev–Trinajstić information content (AvgIpc) is 3.30. The van der Waals surface area contributed by atoms with Gasteiger partial charge in [-0.05, 0) is 49.5 Å². The molecule has 0 radical (unpaired) electrons. The Morgan fingerprint density at radius 2 is 1.60 bits per heavy atom. The number of hydrogen-bond acceptors (Lipinski definition) is 8. The number of benzene rings is 2. The van der Waals surface area contributed by atoms with Gasteiger partial charge in [0.05, 0.1) is 23.1 Å². The topological polar surface area (TPSA) is 118 Å². The molecule has 1 aliphatic rings. The second-order valence-corrected chi connectivity index (χ2v) is 10.4. The number of anilines is 6. The van der Waals surface area contributed by atoms with E-state index in [2.05, 4.69) is 59.3 Å². The van der Waals surface area contributed by atoms with Crippen molar-refractivity contribution in [1.82, 2.24) is 19.9 Å². The summed E-state index contributed by atoms with van der Waals surface area (Å²) in [4.78, 5) is 17.2. The molecule has 5 rings (SSSR count). The molecule has 11 heteroatoms. The van der Waals surface area contributed by atoms with Crippen LogP contribution in [0.2, 0.25) is 0 Å². The molecule has 0 atom stereocenters. The number of nitrogens with one attached hydrogen (secondary N) is 4. The zero-order chi connectivity index (χ0) is 24.4. The monoisotopic (exact) mass is 492 g/mol. The van der Waals surface area contributed by atoms with Crippen LogP contribution in [0, 0.1) is 0 Å². The van der Waals surface area contributed by atoms with Gasteiger partial charge in [0, 0.05) is 43.8 Å². The van der Waals surface area contributed by atoms with E-state index < -0.39 is 10.0 Å². The SMILES string of the molecule is CN1CCN(c2ccc(Nc3nc(Nc4ccccc4NS(C)(=O)=O)c4[nH]ccc4n3)cc2)CC1. The lowest BCUT2D eigenvalue weighted by Crippen LogP contribution is -2.44. The molecule has 1 fully saturated rings. The number of nitrogens with zero attached hydrogens (tertiary/aromatic N) is 4. The molecular weight excluding hydrogens is 464 g/mol. The van der Waals surface area contributed by atoms with Crippen LogP contribution in [-0.4, -0.2) is 67.8 Å². The van der Waals surface area contributed by atoms with Crippen LogP contribution in [0.1, 0.15) is 0 Å². The van der Waals surface area contributed by atoms with Crippen LogP contribution < -0.4 is 20.3 Å². The van der Waals surface area contributed by atoms with E-state index in [0.29, 0.717) is 23.1 Å². The number of piperazine rings is 1. The van der Waals surface area contributed by atoms with E-state index in [9.17, 15) is 8.42 Å². The van der Waals surface area contributed by atoms with Crippen molar-refractivity contribution in [2.45, 2.75) is 0 Å². The summed E-state index contributed by atoms with van der Waals surface area (Å²) in [5.41, 5.74) is 4.53. The lowest BCUT2D eigenvalue weighted by atomic mass is 10.2. The first-order valence-electron chi connectivity index (χ1n) is 11.3. The number of para-hydroxylation sites is 2. The highest BCUT2D eigenvalue weighted by Crippen LogP contribution is 2.30. The molecule has 35 heavy (non-hydrogen) atoms. The van der Waals surface area contributed by atoms with Gasteiger partial charge in [0.1, 0.15) is 5.52 Å². The maximum Gasteiger partial charge on any atom is 0.229 e. The van der Waals surface area contributed by atoms with Crippen molar-refractivity contribution < 1.29 is 8.42 Å². The molecule has 0 saturated carbocycles. The van der Waals surface area contributed by atoms with Crippen molar-refractivity contribution in [1.29, 1.82) is 0 Å². The minimum absolute atomic E-state index is 0.431. The van der Waals surface area contributed by atoms with Crippen LogP contribution >= 0.6 is 0 Å². The van der Waals surface area contributed by atoms with Gasteiger partial charge in [0.2, 0.25) is 16.0 Å². The van der Waals surface area contributed by atoms with Gasteiger partial charge in [0.25, 0.3) is 0 Å². The highest BCUT2D eigenvalue weighted by molar-refractivity contribution is 7.92. The molecule has 10 nitrogen and oxygen atoms in total. The Balaban J connectivity index is 1.39. The van der Waals surface area contributed by atoms with Gasteiger partial charge in [-0.15, -0.1) is 0 Å². The predicted molar refractivity (Wildman–Crippen MR) is 142 cm³/mol. The normalized spacial score (nSPS) is 14.7. The molecule has 0 spiro atoms. The van der Waals surface area contributed by atoms with Gasteiger partial charge in [-0.25, -0.2) is 13.4 Å². The van der Waals surface area contributed by atoms with E-state index in [4.69, 9.17) is 0 Å². The molecule has 4 N–H and O–H groups in total. The quantitative estimate of drug-likeness (QED) is 0.309. The van der Waals surface area contributed by atoms with Gasteiger partial charge in [-0.1, -0.05) is 12.1 Å². The molecule has 0 aliphatic carbocycles. The molecule has 1 saturated heterocycles. The van der Waals surface area contributed by atoms with E-state index in [0.717, 1.165) is 49.2 Å². The Morgan fingerprint density at radius 1 is 0.886 bits per heavy atom. The van der Waals surface area contributed by atoms with Crippen molar-refractivity contribution in [3.63, 3.8) is 0 Å². The van der Waals surface area contributed by atoms with E-state index in [1.54, 1.807) is 24.4 Å². The summed E-state index contributed by atoms with van der Waals surface area (Å²) in [7, 11) is -1.29. The summed E-state index contributed by atoms with van der Waals surface area (Å²) in [6.45, 7) is 4.15. The fourth-order valence-corrected chi connectivity index (χ4v) is 4.63. The standard InChI is InChI=1S/C24H28N8O2S/c1-31-13-15-32(16-14-31)18-9-7-17(8-10-18)26-24-28-21-11-12-25-22(21)23(29-24)27-19-5-3-4-6-20(19)30-35(2,33)34/h3-12,25,30H,13-16H2,1-2H3,(H2,26,27,28,29). The second-order valence-electron chi connectivity index (χ2n) is 8.64. The van der Waals surface area contributed by atoms with E-state index in [-0.39, 0.29) is 0 Å². The van der Waals surface area contributed by atoms with Crippen LogP contribution in [-0.2, 0) is 10.0 Å². The van der Waals surface area contributed by atoms with Crippen LogP contribution in [0.4, 0.5) is 34.5 Å². The van der Waals surface area contributed by atoms with Crippen LogP contribution in [0.5, 0.6) is 0 Å². The lowest BCUT2D eigenvalue weighted by molar-refractivity contribution is 0.313. The smallest absolute Gasteiger partial charge is 0.229 e. The number of fused-ring (bicyclic) bond motifs is 1. The summed E-state index contributed by atoms with van der Waals surface area (Å²) in [6, 6.07) is 17.2. The molecule has 3 heterocycles. The van der Waals surface area contributed by atoms with Crippen molar-refractivity contribution in [3.05, 3.63) is 60.8 Å². The van der Waals surface area contributed by atoms with E-state index >= 15 is 0 Å². The number of H-pyrrole nitrogens is 1. The summed E-state index contributed by atoms with van der Waals surface area (Å²) >= 11 is 0. The first kappa shape index (κ1) is 22.9. The first-order chi connectivity index (χ1) is 16.8. The minimum atomic E-state index is -3.44. The minimum Gasteiger partial charge on any atom is -0.369 e. The summed E-state index contributed by atoms with van der Waals surface area (Å²) < 4.78 is 26.1. The largest absolute Gasteiger partial charge is 0.369 e. The Morgan fingerprint density at radius 3 is 2.31 bits per heavy atom. The van der Waals surface area contributed by atoms with Gasteiger partial charge in [0.15, 0.2) is 5.82 Å². The number of aromatic amines is 1. The molecule has 2 aromatic carbocycles. The molecule has 182 valence electrons. The average molecular weight is 493 g/mol. The van der Waals surface area contributed by atoms with Crippen LogP contribution in [0.3, 0.4) is 0 Å². The van der Waals surface area contributed by atoms with Crippen molar-refractivity contribution in [2.75, 3.05) is 59.7 Å². The van der Waals surface area contributed by atoms with Crippen molar-refractivity contribution in [2.24, 2.45) is 0 Å². The number of likely N-dealkylation sites (N-methyl/N-ethyl adjacent to an activating group) is 1. The third-order valence-electron chi connectivity index (χ3n) is 5.87. The van der Waals surface area contributed by atoms with Gasteiger partial charge in [-0.2, -0.15) is 4.98 Å². The molecule has 0 bridgehead atoms. The molecule has 4 aromatic rings. The molecule has 0 unspecified atom stereocenters. The predicted octanol–water partition coefficient (Wildman–Crippen LogP) is 3.57. The zero-order valence-corrected chi connectivity index (χ0v) is 20.4. The Labute approximate surface area is 204 Å². The Hall–Kier alpha value is -3.83. The summed E-state index contributed by atoms with van der Waals surface area (Å²) in [5, 5.41) is 6.53. The number of sulfonamides is 1. The van der Waals surface area contributed by atoms with Gasteiger partial charge >= 0.3 is 0 Å². The fourth-order valence-electron chi connectivity index (χ4n) is 4.05. The number of hydrogen-bond donors (Lipinski definition) is 4. The Bertz CT molecular complexity index is 1430. The summed E-state index contributed by atoms with van der Waals surface area (Å²) in [5.74, 6) is 0.958. The maximum absolute atomic E-state index is 11.8. The van der Waals surface area contributed by atoms with E-state index in [1.165, 1.54) is 5.69 Å². The first-order valence-corrected chi connectivity index (χ1v) is 13.2. The van der Waals surface area contributed by atoms with Gasteiger partial charge < -0.3 is 25.4 Å².